The summed E-state index contributed by atoms with van der Waals surface area (Å²) in [4.78, 5) is 17.6. The maximum Gasteiger partial charge on any atom is 0.451 e. The first-order chi connectivity index (χ1) is 12.3. The number of H-pyrrole nitrogens is 1. The summed E-state index contributed by atoms with van der Waals surface area (Å²) >= 11 is 0. The third kappa shape index (κ3) is 4.43. The fraction of sp³-hybridized carbons (Fsp3) is 0.267. The maximum atomic E-state index is 12.1. The molecule has 0 aliphatic heterocycles. The highest BCUT2D eigenvalue weighted by molar-refractivity contribution is 5.59. The van der Waals surface area contributed by atoms with Crippen molar-refractivity contribution in [2.45, 2.75) is 13.1 Å². The second kappa shape index (κ2) is 7.76. The molecule has 26 heavy (non-hydrogen) atoms. The number of anilines is 1. The number of phenolic OH excluding ortho intramolecular Hbond substituents is 1. The number of aromatic amines is 1. The van der Waals surface area contributed by atoms with E-state index in [1.807, 2.05) is 12.0 Å². The van der Waals surface area contributed by atoms with Crippen LogP contribution in [0.4, 0.5) is 18.9 Å². The highest BCUT2D eigenvalue weighted by atomic mass is 19.4. The van der Waals surface area contributed by atoms with E-state index in [4.69, 9.17) is 9.84 Å². The number of phenols is 1. The van der Waals surface area contributed by atoms with Crippen molar-refractivity contribution in [3.05, 3.63) is 46.6 Å². The van der Waals surface area contributed by atoms with Crippen molar-refractivity contribution in [3.63, 3.8) is 0 Å². The molecule has 8 nitrogen and oxygen atoms in total. The molecule has 0 unspecified atom stereocenters. The molecule has 3 aromatic rings. The van der Waals surface area contributed by atoms with Crippen LogP contribution in [0.15, 0.2) is 35.3 Å². The highest BCUT2D eigenvalue weighted by Crippen LogP contribution is 2.28. The molecule has 1 aromatic carbocycles. The van der Waals surface area contributed by atoms with Crippen molar-refractivity contribution >= 4 is 11.5 Å². The molecule has 0 aliphatic carbocycles. The first kappa shape index (κ1) is 19.1. The van der Waals surface area contributed by atoms with Gasteiger partial charge in [-0.25, -0.2) is 4.98 Å². The molecule has 0 fully saturated rings. The summed E-state index contributed by atoms with van der Waals surface area (Å²) in [6.45, 7) is 2.79. The number of hydrogen-bond donors (Lipinski definition) is 3. The Labute approximate surface area is 145 Å². The van der Waals surface area contributed by atoms with E-state index in [2.05, 4.69) is 15.3 Å². The first-order valence-corrected chi connectivity index (χ1v) is 7.38. The summed E-state index contributed by atoms with van der Waals surface area (Å²) in [6, 6.07) is 6.00. The van der Waals surface area contributed by atoms with Crippen molar-refractivity contribution in [1.29, 1.82) is 0 Å². The van der Waals surface area contributed by atoms with Gasteiger partial charge in [-0.3, -0.25) is 9.89 Å². The predicted molar refractivity (Wildman–Crippen MR) is 87.4 cm³/mol. The number of hydrogen-bond acceptors (Lipinski definition) is 6. The summed E-state index contributed by atoms with van der Waals surface area (Å²) in [6.07, 6.45) is -3.52. The van der Waals surface area contributed by atoms with Gasteiger partial charge in [0.15, 0.2) is 0 Å². The van der Waals surface area contributed by atoms with Gasteiger partial charge in [0.1, 0.15) is 11.5 Å². The van der Waals surface area contributed by atoms with Gasteiger partial charge in [0, 0.05) is 24.9 Å². The van der Waals surface area contributed by atoms with Crippen molar-refractivity contribution in [1.82, 2.24) is 19.6 Å². The number of aromatic hydroxyl groups is 1. The van der Waals surface area contributed by atoms with Crippen LogP contribution in [-0.4, -0.2) is 38.3 Å². The lowest BCUT2D eigenvalue weighted by atomic mass is 10.2. The van der Waals surface area contributed by atoms with Gasteiger partial charge < -0.3 is 15.2 Å². The average Bonchev–Trinajstić information content (AvgIpc) is 3.02. The lowest BCUT2D eigenvalue weighted by molar-refractivity contribution is -0.144. The number of fused-ring (bicyclic) bond motifs is 1. The molecule has 0 amide bonds. The Morgan fingerprint density at radius 3 is 2.65 bits per heavy atom. The van der Waals surface area contributed by atoms with Crippen molar-refractivity contribution < 1.29 is 23.0 Å². The molecule has 0 aliphatic rings. The normalized spacial score (nSPS) is 11.0. The van der Waals surface area contributed by atoms with Crippen LogP contribution in [0.2, 0.25) is 0 Å². The standard InChI is InChI=1S/C9H13NO2.C6H3F3N4O/c1-3-10-8-6-7(11)4-5-9(8)12-2;7-6(8,9)4-11-5-10-2-1-3(14)13(5)12-4/h4-6,10-11H,3H2,1-2H3;1-2H,(H,10,11,12). The Morgan fingerprint density at radius 2 is 2.08 bits per heavy atom. The zero-order valence-corrected chi connectivity index (χ0v) is 13.8. The predicted octanol–water partition coefficient (Wildman–Crippen LogP) is 2.27. The van der Waals surface area contributed by atoms with E-state index in [1.165, 1.54) is 0 Å². The van der Waals surface area contributed by atoms with E-state index >= 15 is 0 Å². The number of nitrogens with one attached hydrogen (secondary N) is 2. The van der Waals surface area contributed by atoms with Crippen molar-refractivity contribution in [2.75, 3.05) is 19.0 Å². The van der Waals surface area contributed by atoms with Crippen molar-refractivity contribution in [3.8, 4) is 11.5 Å². The van der Waals surface area contributed by atoms with Crippen LogP contribution in [0.25, 0.3) is 5.78 Å². The van der Waals surface area contributed by atoms with E-state index in [0.717, 1.165) is 30.2 Å². The Morgan fingerprint density at radius 1 is 1.35 bits per heavy atom. The third-order valence-corrected chi connectivity index (χ3v) is 3.08. The molecule has 2 aromatic heterocycles. The average molecular weight is 371 g/mol. The van der Waals surface area contributed by atoms with Gasteiger partial charge in [0.25, 0.3) is 11.3 Å². The minimum Gasteiger partial charge on any atom is -0.508 e. The van der Waals surface area contributed by atoms with Crippen LogP contribution in [0.1, 0.15) is 12.7 Å². The number of benzene rings is 1. The molecule has 3 rings (SSSR count). The van der Waals surface area contributed by atoms with Crippen LogP contribution < -0.4 is 15.6 Å². The topological polar surface area (TPSA) is 105 Å². The molecule has 0 radical (unpaired) electrons. The Hall–Kier alpha value is -3.24. The zero-order chi connectivity index (χ0) is 19.3. The number of alkyl halides is 3. The molecule has 140 valence electrons. The van der Waals surface area contributed by atoms with Gasteiger partial charge >= 0.3 is 6.18 Å². The van der Waals surface area contributed by atoms with E-state index in [0.29, 0.717) is 4.52 Å². The van der Waals surface area contributed by atoms with Crippen LogP contribution in [0.3, 0.4) is 0 Å². The Bertz CT molecular complexity index is 936. The maximum absolute atomic E-state index is 12.1. The number of ether oxygens (including phenoxy) is 1. The summed E-state index contributed by atoms with van der Waals surface area (Å²) in [7, 11) is 1.60. The molecule has 11 heteroatoms. The summed E-state index contributed by atoms with van der Waals surface area (Å²) in [5, 5.41) is 14.1. The second-order valence-electron chi connectivity index (χ2n) is 4.90. The highest BCUT2D eigenvalue weighted by Gasteiger charge is 2.35. The fourth-order valence-corrected chi connectivity index (χ4v) is 1.96. The molecular formula is C15H16F3N5O3. The minimum absolute atomic E-state index is 0.242. The van der Waals surface area contributed by atoms with Crippen LogP contribution in [0.5, 0.6) is 11.5 Å². The van der Waals surface area contributed by atoms with Crippen molar-refractivity contribution in [2.24, 2.45) is 0 Å². The van der Waals surface area contributed by atoms with Crippen LogP contribution in [-0.2, 0) is 6.18 Å². The minimum atomic E-state index is -4.61. The molecule has 0 saturated carbocycles. The van der Waals surface area contributed by atoms with Gasteiger partial charge in [0.2, 0.25) is 5.82 Å². The van der Waals surface area contributed by atoms with E-state index < -0.39 is 17.6 Å². The lowest BCUT2D eigenvalue weighted by Crippen LogP contribution is -2.14. The van der Waals surface area contributed by atoms with Gasteiger partial charge in [-0.1, -0.05) is 0 Å². The zero-order valence-electron chi connectivity index (χ0n) is 13.8. The molecular weight excluding hydrogens is 355 g/mol. The number of halogens is 3. The SMILES string of the molecule is CCNc1cc(O)ccc1OC.O=c1ccnc2nc(C(F)(F)F)[nH]n12. The smallest absolute Gasteiger partial charge is 0.451 e. The molecule has 3 N–H and O–H groups in total. The first-order valence-electron chi connectivity index (χ1n) is 7.38. The van der Waals surface area contributed by atoms with E-state index in [9.17, 15) is 18.0 Å². The van der Waals surface area contributed by atoms with Crippen LogP contribution in [0, 0.1) is 0 Å². The number of aromatic nitrogens is 4. The molecule has 0 atom stereocenters. The lowest BCUT2D eigenvalue weighted by Gasteiger charge is -2.09. The quantitative estimate of drug-likeness (QED) is 0.652. The van der Waals surface area contributed by atoms with Gasteiger partial charge in [-0.15, -0.1) is 0 Å². The number of rotatable bonds is 3. The Balaban J connectivity index is 0.000000190. The molecule has 0 saturated heterocycles. The third-order valence-electron chi connectivity index (χ3n) is 3.08. The second-order valence-corrected chi connectivity index (χ2v) is 4.90. The summed E-state index contributed by atoms with van der Waals surface area (Å²) in [5.74, 6) is -0.556. The van der Waals surface area contributed by atoms with E-state index in [1.54, 1.807) is 25.3 Å². The molecule has 0 bridgehead atoms. The van der Waals surface area contributed by atoms with Gasteiger partial charge in [0.05, 0.1) is 12.8 Å². The van der Waals surface area contributed by atoms with Gasteiger partial charge in [-0.05, 0) is 19.1 Å². The molecule has 0 spiro atoms. The monoisotopic (exact) mass is 371 g/mol. The fourth-order valence-electron chi connectivity index (χ4n) is 1.96. The number of methoxy groups -OCH3 is 1. The van der Waals surface area contributed by atoms with Gasteiger partial charge in [-0.2, -0.15) is 22.7 Å². The largest absolute Gasteiger partial charge is 0.508 e. The summed E-state index contributed by atoms with van der Waals surface area (Å²) < 4.78 is 42.1. The Kier molecular flexibility index (Phi) is 5.70. The molecule has 2 heterocycles. The van der Waals surface area contributed by atoms with Crippen LogP contribution >= 0.6 is 0 Å². The summed E-state index contributed by atoms with van der Waals surface area (Å²) in [5.41, 5.74) is 0.179. The van der Waals surface area contributed by atoms with E-state index in [-0.39, 0.29) is 11.5 Å². The number of nitrogens with zero attached hydrogens (tertiary/aromatic N) is 3.